The molecule has 2 rings (SSSR count). The van der Waals surface area contributed by atoms with E-state index in [9.17, 15) is 18.0 Å². The first-order valence-corrected chi connectivity index (χ1v) is 6.52. The predicted molar refractivity (Wildman–Crippen MR) is 64.9 cm³/mol. The molecule has 0 spiro atoms. The summed E-state index contributed by atoms with van der Waals surface area (Å²) in [6.45, 7) is 0.0348. The van der Waals surface area contributed by atoms with Crippen LogP contribution in [-0.2, 0) is 0 Å². The van der Waals surface area contributed by atoms with Crippen molar-refractivity contribution in [1.82, 2.24) is 14.8 Å². The molecule has 0 bridgehead atoms. The molecule has 0 unspecified atom stereocenters. The minimum absolute atomic E-state index is 0.213. The van der Waals surface area contributed by atoms with E-state index in [2.05, 4.69) is 4.98 Å². The highest BCUT2D eigenvalue weighted by Gasteiger charge is 2.33. The molecule has 1 amide bonds. The summed E-state index contributed by atoms with van der Waals surface area (Å²) < 4.78 is 36.7. The van der Waals surface area contributed by atoms with Gasteiger partial charge < -0.3 is 10.6 Å². The predicted octanol–water partition coefficient (Wildman–Crippen LogP) is 1.05. The Bertz CT molecular complexity index is 454. The van der Waals surface area contributed by atoms with Gasteiger partial charge in [-0.15, -0.1) is 11.3 Å². The van der Waals surface area contributed by atoms with Crippen molar-refractivity contribution in [3.8, 4) is 0 Å². The van der Waals surface area contributed by atoms with E-state index < -0.39 is 12.7 Å². The molecular formula is C10H13F3N4OS. The second kappa shape index (κ2) is 5.33. The van der Waals surface area contributed by atoms with Gasteiger partial charge in [-0.2, -0.15) is 13.2 Å². The number of anilines is 1. The smallest absolute Gasteiger partial charge is 0.375 e. The van der Waals surface area contributed by atoms with Gasteiger partial charge in [0.15, 0.2) is 5.13 Å². The first-order chi connectivity index (χ1) is 8.85. The molecule has 0 aromatic carbocycles. The Hall–Kier alpha value is -1.35. The van der Waals surface area contributed by atoms with Gasteiger partial charge in [0.05, 0.1) is 6.54 Å². The van der Waals surface area contributed by atoms with Crippen LogP contribution >= 0.6 is 11.3 Å². The van der Waals surface area contributed by atoms with E-state index in [0.29, 0.717) is 5.13 Å². The third kappa shape index (κ3) is 3.80. The Kier molecular flexibility index (Phi) is 3.95. The fourth-order valence-corrected chi connectivity index (χ4v) is 2.45. The van der Waals surface area contributed by atoms with E-state index in [1.807, 2.05) is 0 Å². The van der Waals surface area contributed by atoms with Gasteiger partial charge in [-0.25, -0.2) is 4.98 Å². The van der Waals surface area contributed by atoms with Crippen molar-refractivity contribution in [1.29, 1.82) is 0 Å². The molecule has 106 valence electrons. The van der Waals surface area contributed by atoms with Crippen LogP contribution in [0.4, 0.5) is 18.3 Å². The number of hydrogen-bond acceptors (Lipinski definition) is 5. The Morgan fingerprint density at radius 3 is 2.47 bits per heavy atom. The maximum atomic E-state index is 12.2. The molecule has 9 heteroatoms. The monoisotopic (exact) mass is 294 g/mol. The SMILES string of the molecule is Nc1nc(C(=O)N2CCN(CC(F)(F)F)CC2)cs1. The fraction of sp³-hybridized carbons (Fsp3) is 0.600. The normalized spacial score (nSPS) is 17.7. The zero-order valence-corrected chi connectivity index (χ0v) is 10.8. The lowest BCUT2D eigenvalue weighted by atomic mass is 10.3. The molecule has 0 atom stereocenters. The lowest BCUT2D eigenvalue weighted by Crippen LogP contribution is -2.51. The van der Waals surface area contributed by atoms with Gasteiger partial charge in [-0.05, 0) is 0 Å². The van der Waals surface area contributed by atoms with Gasteiger partial charge in [-0.3, -0.25) is 9.69 Å². The zero-order valence-electron chi connectivity index (χ0n) is 9.98. The molecule has 1 aromatic heterocycles. The Morgan fingerprint density at radius 2 is 2.00 bits per heavy atom. The number of thiazole rings is 1. The summed E-state index contributed by atoms with van der Waals surface area (Å²) in [5.41, 5.74) is 5.70. The molecule has 0 saturated carbocycles. The van der Waals surface area contributed by atoms with Gasteiger partial charge >= 0.3 is 6.18 Å². The van der Waals surface area contributed by atoms with Gasteiger partial charge in [-0.1, -0.05) is 0 Å². The molecule has 1 fully saturated rings. The highest BCUT2D eigenvalue weighted by atomic mass is 32.1. The molecule has 0 radical (unpaired) electrons. The second-order valence-electron chi connectivity index (χ2n) is 4.25. The molecule has 1 aliphatic rings. The van der Waals surface area contributed by atoms with Crippen LogP contribution in [-0.4, -0.2) is 59.6 Å². The van der Waals surface area contributed by atoms with Crippen molar-refractivity contribution in [2.75, 3.05) is 38.5 Å². The van der Waals surface area contributed by atoms with Crippen molar-refractivity contribution >= 4 is 22.4 Å². The van der Waals surface area contributed by atoms with E-state index >= 15 is 0 Å². The number of rotatable bonds is 2. The van der Waals surface area contributed by atoms with Gasteiger partial charge in [0, 0.05) is 31.6 Å². The maximum absolute atomic E-state index is 12.2. The highest BCUT2D eigenvalue weighted by molar-refractivity contribution is 7.13. The largest absolute Gasteiger partial charge is 0.401 e. The van der Waals surface area contributed by atoms with Crippen LogP contribution in [0.5, 0.6) is 0 Å². The number of halogens is 3. The lowest BCUT2D eigenvalue weighted by molar-refractivity contribution is -0.148. The maximum Gasteiger partial charge on any atom is 0.401 e. The summed E-state index contributed by atoms with van der Waals surface area (Å²) in [5, 5.41) is 1.86. The minimum Gasteiger partial charge on any atom is -0.375 e. The fourth-order valence-electron chi connectivity index (χ4n) is 1.91. The number of amides is 1. The standard InChI is InChI=1S/C10H13F3N4OS/c11-10(12,13)6-16-1-3-17(4-2-16)8(18)7-5-19-9(14)15-7/h5H,1-4,6H2,(H2,14,15). The van der Waals surface area contributed by atoms with E-state index in [1.165, 1.54) is 21.1 Å². The quantitative estimate of drug-likeness (QED) is 0.885. The molecular weight excluding hydrogens is 281 g/mol. The number of carbonyl (C=O) groups excluding carboxylic acids is 1. The Labute approximate surface area is 111 Å². The highest BCUT2D eigenvalue weighted by Crippen LogP contribution is 2.18. The third-order valence-electron chi connectivity index (χ3n) is 2.80. The minimum atomic E-state index is -4.20. The Balaban J connectivity index is 1.88. The van der Waals surface area contributed by atoms with Crippen molar-refractivity contribution in [2.24, 2.45) is 0 Å². The molecule has 0 aliphatic carbocycles. The molecule has 1 saturated heterocycles. The average Bonchev–Trinajstić information content (AvgIpc) is 2.74. The summed E-state index contributed by atoms with van der Waals surface area (Å²) >= 11 is 1.17. The van der Waals surface area contributed by atoms with Crippen molar-refractivity contribution in [2.45, 2.75) is 6.18 Å². The number of nitrogens with zero attached hydrogens (tertiary/aromatic N) is 3. The molecule has 2 heterocycles. The van der Waals surface area contributed by atoms with Crippen molar-refractivity contribution < 1.29 is 18.0 Å². The number of nitrogen functional groups attached to an aromatic ring is 1. The first kappa shape index (κ1) is 14.1. The van der Waals surface area contributed by atoms with E-state index in [1.54, 1.807) is 5.38 Å². The Morgan fingerprint density at radius 1 is 1.37 bits per heavy atom. The van der Waals surface area contributed by atoms with E-state index in [4.69, 9.17) is 5.73 Å². The molecule has 1 aromatic rings. The number of carbonyl (C=O) groups is 1. The van der Waals surface area contributed by atoms with Crippen LogP contribution in [0.1, 0.15) is 10.5 Å². The van der Waals surface area contributed by atoms with Crippen LogP contribution in [0.25, 0.3) is 0 Å². The number of alkyl halides is 3. The topological polar surface area (TPSA) is 62.5 Å². The van der Waals surface area contributed by atoms with Crippen LogP contribution in [0.15, 0.2) is 5.38 Å². The van der Waals surface area contributed by atoms with Crippen molar-refractivity contribution in [3.05, 3.63) is 11.1 Å². The van der Waals surface area contributed by atoms with Gasteiger partial charge in [0.25, 0.3) is 5.91 Å². The second-order valence-corrected chi connectivity index (χ2v) is 5.14. The van der Waals surface area contributed by atoms with E-state index in [-0.39, 0.29) is 37.8 Å². The number of aromatic nitrogens is 1. The summed E-state index contributed by atoms with van der Waals surface area (Å²) in [6.07, 6.45) is -4.20. The molecule has 5 nitrogen and oxygen atoms in total. The van der Waals surface area contributed by atoms with Crippen LogP contribution in [0, 0.1) is 0 Å². The van der Waals surface area contributed by atoms with E-state index in [0.717, 1.165) is 0 Å². The number of piperazine rings is 1. The first-order valence-electron chi connectivity index (χ1n) is 5.64. The van der Waals surface area contributed by atoms with Gasteiger partial charge in [0.2, 0.25) is 0 Å². The summed E-state index contributed by atoms with van der Waals surface area (Å²) in [5.74, 6) is -0.278. The lowest BCUT2D eigenvalue weighted by Gasteiger charge is -2.34. The average molecular weight is 294 g/mol. The summed E-state index contributed by atoms with van der Waals surface area (Å²) in [6, 6.07) is 0. The molecule has 19 heavy (non-hydrogen) atoms. The number of hydrogen-bond donors (Lipinski definition) is 1. The third-order valence-corrected chi connectivity index (χ3v) is 3.48. The van der Waals surface area contributed by atoms with Gasteiger partial charge in [0.1, 0.15) is 5.69 Å². The zero-order chi connectivity index (χ0) is 14.0. The molecule has 2 N–H and O–H groups in total. The van der Waals surface area contributed by atoms with Crippen LogP contribution < -0.4 is 5.73 Å². The summed E-state index contributed by atoms with van der Waals surface area (Å²) in [7, 11) is 0. The molecule has 1 aliphatic heterocycles. The summed E-state index contributed by atoms with van der Waals surface area (Å²) in [4.78, 5) is 18.6. The van der Waals surface area contributed by atoms with Crippen LogP contribution in [0.2, 0.25) is 0 Å². The van der Waals surface area contributed by atoms with Crippen molar-refractivity contribution in [3.63, 3.8) is 0 Å². The van der Waals surface area contributed by atoms with Crippen LogP contribution in [0.3, 0.4) is 0 Å². The number of nitrogens with two attached hydrogens (primary N) is 1.